The molecule has 0 saturated heterocycles. The van der Waals surface area contributed by atoms with Gasteiger partial charge in [0, 0.05) is 10.4 Å². The van der Waals surface area contributed by atoms with Crippen molar-refractivity contribution in [3.05, 3.63) is 80.1 Å². The van der Waals surface area contributed by atoms with Crippen molar-refractivity contribution in [2.45, 2.75) is 6.61 Å². The van der Waals surface area contributed by atoms with Crippen LogP contribution in [0, 0.1) is 0 Å². The Morgan fingerprint density at radius 3 is 1.65 bits per heavy atom. The highest BCUT2D eigenvalue weighted by Crippen LogP contribution is 2.41. The smallest absolute Gasteiger partial charge is 0.0682 e. The van der Waals surface area contributed by atoms with Gasteiger partial charge in [0.2, 0.25) is 0 Å². The van der Waals surface area contributed by atoms with Gasteiger partial charge in [-0.05, 0) is 54.8 Å². The summed E-state index contributed by atoms with van der Waals surface area (Å²) in [5.74, 6) is 0. The van der Waals surface area contributed by atoms with Gasteiger partial charge in [0.1, 0.15) is 0 Å². The molecule has 0 fully saturated rings. The number of hydrogen-bond acceptors (Lipinski definition) is 5. The van der Waals surface area contributed by atoms with Crippen LogP contribution in [0.3, 0.4) is 0 Å². The van der Waals surface area contributed by atoms with Crippen LogP contribution in [0.1, 0.15) is 5.56 Å². The second-order valence-corrected chi connectivity index (χ2v) is 10.1. The third kappa shape index (κ3) is 2.74. The molecular weight excluding hydrogens is 396 g/mol. The van der Waals surface area contributed by atoms with Crippen molar-refractivity contribution in [3.8, 4) is 0 Å². The molecule has 0 radical (unpaired) electrons. The Morgan fingerprint density at radius 1 is 0.615 bits per heavy atom. The van der Waals surface area contributed by atoms with Crippen LogP contribution in [0.5, 0.6) is 0 Å². The van der Waals surface area contributed by atoms with E-state index in [1.165, 1.54) is 40.5 Å². The molecule has 2 heterocycles. The molecule has 0 bridgehead atoms. The van der Waals surface area contributed by atoms with E-state index in [1.807, 2.05) is 6.07 Å². The molecule has 0 amide bonds. The molecule has 1 N–H and O–H groups in total. The zero-order valence-electron chi connectivity index (χ0n) is 13.6. The molecule has 1 nitrogen and oxygen atoms in total. The lowest BCUT2D eigenvalue weighted by Crippen LogP contribution is -2.17. The summed E-state index contributed by atoms with van der Waals surface area (Å²) in [6, 6.07) is 15.1. The first-order valence-corrected chi connectivity index (χ1v) is 11.7. The topological polar surface area (TPSA) is 20.2 Å². The molecule has 2 aliphatic heterocycles. The highest BCUT2D eigenvalue weighted by molar-refractivity contribution is 8.35. The van der Waals surface area contributed by atoms with Gasteiger partial charge in [-0.3, -0.25) is 0 Å². The Bertz CT molecular complexity index is 1200. The summed E-state index contributed by atoms with van der Waals surface area (Å²) in [6.45, 7) is 0.0625. The number of hydrogen-bond donors (Lipinski definition) is 1. The normalized spacial score (nSPS) is 16.5. The molecule has 0 aliphatic carbocycles. The molecule has 5 heteroatoms. The second-order valence-electron chi connectivity index (χ2n) is 5.92. The van der Waals surface area contributed by atoms with Gasteiger partial charge in [-0.15, -0.1) is 0 Å². The van der Waals surface area contributed by atoms with E-state index in [1.54, 1.807) is 47.0 Å². The maximum absolute atomic E-state index is 9.69. The monoisotopic (exact) mass is 410 g/mol. The molecule has 0 atom stereocenters. The third-order valence-electron chi connectivity index (χ3n) is 4.49. The number of thioether (sulfide) groups is 4. The van der Waals surface area contributed by atoms with Crippen LogP contribution in [-0.4, -0.2) is 5.11 Å². The minimum atomic E-state index is 0.0625. The minimum absolute atomic E-state index is 0.0625. The van der Waals surface area contributed by atoms with Crippen molar-refractivity contribution < 1.29 is 5.11 Å². The summed E-state index contributed by atoms with van der Waals surface area (Å²) in [6.07, 6.45) is 0. The lowest BCUT2D eigenvalue weighted by molar-refractivity contribution is 0.282. The zero-order valence-corrected chi connectivity index (χ0v) is 16.9. The molecule has 2 aliphatic rings. The van der Waals surface area contributed by atoms with E-state index in [9.17, 15) is 5.11 Å². The number of rotatable bonds is 1. The lowest BCUT2D eigenvalue weighted by Gasteiger charge is -2.12. The fourth-order valence-corrected chi connectivity index (χ4v) is 7.26. The lowest BCUT2D eigenvalue weighted by atomic mass is 9.97. The van der Waals surface area contributed by atoms with Crippen LogP contribution in [0.25, 0.3) is 30.0 Å². The predicted molar refractivity (Wildman–Crippen MR) is 122 cm³/mol. The van der Waals surface area contributed by atoms with Crippen LogP contribution < -0.4 is 10.4 Å². The van der Waals surface area contributed by atoms with E-state index < -0.39 is 0 Å². The molecule has 3 aromatic rings. The number of aliphatic hydroxyl groups is 1. The van der Waals surface area contributed by atoms with E-state index in [-0.39, 0.29) is 6.61 Å². The summed E-state index contributed by atoms with van der Waals surface area (Å²) in [5.41, 5.74) is 0.955. The van der Waals surface area contributed by atoms with Crippen molar-refractivity contribution in [1.82, 2.24) is 0 Å². The van der Waals surface area contributed by atoms with Crippen LogP contribution in [0.15, 0.2) is 64.1 Å². The first-order chi connectivity index (χ1) is 12.9. The first-order valence-electron chi connectivity index (χ1n) is 8.16. The van der Waals surface area contributed by atoms with E-state index in [0.717, 1.165) is 5.56 Å². The quantitative estimate of drug-likeness (QED) is 0.532. The van der Waals surface area contributed by atoms with Crippen molar-refractivity contribution in [2.75, 3.05) is 0 Å². The highest BCUT2D eigenvalue weighted by atomic mass is 32.2. The predicted octanol–water partition coefficient (Wildman–Crippen LogP) is 5.52. The summed E-state index contributed by atoms with van der Waals surface area (Å²) in [5, 5.41) is 25.9. The average Bonchev–Trinajstić information content (AvgIpc) is 3.39. The standard InChI is InChI=1S/C21H14OS4/c22-12-13-5-6-16-17(11-13)19(21-25-9-10-26-21)15-4-2-1-3-14(15)18(16)20-23-7-8-24-20/h1-11,22H,12H2. The minimum Gasteiger partial charge on any atom is -0.392 e. The summed E-state index contributed by atoms with van der Waals surface area (Å²) >= 11 is 7.15. The van der Waals surface area contributed by atoms with Crippen LogP contribution in [0.4, 0.5) is 0 Å². The van der Waals surface area contributed by atoms with Gasteiger partial charge in [0.05, 0.1) is 15.1 Å². The van der Waals surface area contributed by atoms with Crippen molar-refractivity contribution in [1.29, 1.82) is 0 Å². The SMILES string of the molecule is OCc1ccc2c(=C3SC=CS3)c3ccccc3c(=C3SC=CS3)c2c1. The van der Waals surface area contributed by atoms with Crippen molar-refractivity contribution in [2.24, 2.45) is 0 Å². The Balaban J connectivity index is 2.09. The summed E-state index contributed by atoms with van der Waals surface area (Å²) in [4.78, 5) is 0. The van der Waals surface area contributed by atoms with Gasteiger partial charge in [0.25, 0.3) is 0 Å². The van der Waals surface area contributed by atoms with Crippen molar-refractivity contribution >= 4 is 77.1 Å². The van der Waals surface area contributed by atoms with Gasteiger partial charge in [0.15, 0.2) is 0 Å². The Hall–Kier alpha value is -1.24. The maximum Gasteiger partial charge on any atom is 0.0682 e. The highest BCUT2D eigenvalue weighted by Gasteiger charge is 2.15. The van der Waals surface area contributed by atoms with Crippen LogP contribution in [-0.2, 0) is 6.61 Å². The number of aliphatic hydroxyl groups excluding tert-OH is 1. The van der Waals surface area contributed by atoms with Gasteiger partial charge in [-0.25, -0.2) is 0 Å². The summed E-state index contributed by atoms with van der Waals surface area (Å²) in [7, 11) is 0. The molecular formula is C21H14OS4. The first kappa shape index (κ1) is 16.9. The fourth-order valence-electron chi connectivity index (χ4n) is 3.41. The molecule has 26 heavy (non-hydrogen) atoms. The fraction of sp³-hybridized carbons (Fsp3) is 0.0476. The number of benzene rings is 3. The van der Waals surface area contributed by atoms with Gasteiger partial charge in [-0.2, -0.15) is 0 Å². The molecule has 3 aromatic carbocycles. The molecule has 5 rings (SSSR count). The second kappa shape index (κ2) is 7.06. The van der Waals surface area contributed by atoms with E-state index in [2.05, 4.69) is 58.0 Å². The van der Waals surface area contributed by atoms with E-state index >= 15 is 0 Å². The number of fused-ring (bicyclic) bond motifs is 2. The van der Waals surface area contributed by atoms with Gasteiger partial charge in [-0.1, -0.05) is 83.4 Å². The Kier molecular flexibility index (Phi) is 4.59. The van der Waals surface area contributed by atoms with Gasteiger partial charge >= 0.3 is 0 Å². The Labute approximate surface area is 168 Å². The van der Waals surface area contributed by atoms with E-state index in [4.69, 9.17) is 0 Å². The largest absolute Gasteiger partial charge is 0.392 e. The van der Waals surface area contributed by atoms with Crippen LogP contribution in [0.2, 0.25) is 0 Å². The van der Waals surface area contributed by atoms with E-state index in [0.29, 0.717) is 0 Å². The summed E-state index contributed by atoms with van der Waals surface area (Å²) < 4.78 is 2.63. The average molecular weight is 411 g/mol. The third-order valence-corrected chi connectivity index (χ3v) is 8.75. The zero-order chi connectivity index (χ0) is 17.5. The molecule has 0 aromatic heterocycles. The molecule has 0 saturated carbocycles. The Morgan fingerprint density at radius 2 is 1.12 bits per heavy atom. The molecule has 128 valence electrons. The van der Waals surface area contributed by atoms with Gasteiger partial charge < -0.3 is 5.11 Å². The maximum atomic E-state index is 9.69. The van der Waals surface area contributed by atoms with Crippen molar-refractivity contribution in [3.63, 3.8) is 0 Å². The van der Waals surface area contributed by atoms with Crippen LogP contribution >= 0.6 is 47.0 Å². The molecule has 0 spiro atoms. The molecule has 0 unspecified atom stereocenters.